The third-order valence-electron chi connectivity index (χ3n) is 6.14. The minimum absolute atomic E-state index is 0.169. The molecule has 2 fully saturated rings. The van der Waals surface area contributed by atoms with E-state index in [1.165, 1.54) is 25.2 Å². The molecule has 0 aromatic heterocycles. The highest BCUT2D eigenvalue weighted by atomic mass is 31.1. The highest BCUT2D eigenvalue weighted by Gasteiger charge is 2.69. The van der Waals surface area contributed by atoms with E-state index in [4.69, 9.17) is 0 Å². The van der Waals surface area contributed by atoms with Crippen LogP contribution in [0.4, 0.5) is 0 Å². The lowest BCUT2D eigenvalue weighted by molar-refractivity contribution is -0.0213. The second kappa shape index (κ2) is 3.69. The third kappa shape index (κ3) is 1.25. The lowest BCUT2D eigenvalue weighted by atomic mass is 9.69. The normalized spacial score (nSPS) is 45.6. The van der Waals surface area contributed by atoms with Gasteiger partial charge in [0.2, 0.25) is 0 Å². The quantitative estimate of drug-likeness (QED) is 0.740. The number of hydrogen-bond donors (Lipinski definition) is 1. The highest BCUT2D eigenvalue weighted by molar-refractivity contribution is 7.59. The van der Waals surface area contributed by atoms with Crippen molar-refractivity contribution in [3.05, 3.63) is 0 Å². The zero-order chi connectivity index (χ0) is 12.2. The first-order valence-corrected chi connectivity index (χ1v) is 8.52. The van der Waals surface area contributed by atoms with Crippen molar-refractivity contribution in [2.75, 3.05) is 12.3 Å². The molecule has 0 aliphatic heterocycles. The molecule has 0 saturated heterocycles. The standard InChI is InChI=1S/C14H27OP/c1-6-16(7-2)14(15)10-11-8-9-13(14,5)12(11,3)4/h11,15H,6-10H2,1-5H3. The van der Waals surface area contributed by atoms with E-state index in [9.17, 15) is 5.11 Å². The van der Waals surface area contributed by atoms with Gasteiger partial charge in [0.1, 0.15) is 0 Å². The molecule has 2 saturated carbocycles. The predicted octanol–water partition coefficient (Wildman–Crippen LogP) is 4.04. The first kappa shape index (κ1) is 12.8. The van der Waals surface area contributed by atoms with Crippen LogP contribution in [-0.4, -0.2) is 22.8 Å². The average Bonchev–Trinajstić information content (AvgIpc) is 2.51. The molecule has 1 nitrogen and oxygen atoms in total. The maximum absolute atomic E-state index is 11.3. The fourth-order valence-corrected chi connectivity index (χ4v) is 7.53. The summed E-state index contributed by atoms with van der Waals surface area (Å²) in [5.41, 5.74) is 0.509. The molecule has 1 N–H and O–H groups in total. The van der Waals surface area contributed by atoms with Gasteiger partial charge in [-0.3, -0.25) is 0 Å². The number of fused-ring (bicyclic) bond motifs is 2. The maximum Gasteiger partial charge on any atom is 0.0895 e. The van der Waals surface area contributed by atoms with Crippen LogP contribution in [-0.2, 0) is 0 Å². The van der Waals surface area contributed by atoms with Crippen molar-refractivity contribution in [2.24, 2.45) is 16.7 Å². The van der Waals surface area contributed by atoms with Gasteiger partial charge < -0.3 is 5.11 Å². The number of hydrogen-bond acceptors (Lipinski definition) is 1. The Hall–Kier alpha value is 0.390. The maximum atomic E-state index is 11.3. The molecule has 2 rings (SSSR count). The fourth-order valence-electron chi connectivity index (χ4n) is 4.46. The summed E-state index contributed by atoms with van der Waals surface area (Å²) in [6.07, 6.45) is 6.01. The van der Waals surface area contributed by atoms with Gasteiger partial charge in [0.05, 0.1) is 5.34 Å². The smallest absolute Gasteiger partial charge is 0.0895 e. The van der Waals surface area contributed by atoms with Crippen molar-refractivity contribution in [3.63, 3.8) is 0 Å². The van der Waals surface area contributed by atoms with Crippen LogP contribution >= 0.6 is 7.92 Å². The van der Waals surface area contributed by atoms with E-state index in [1.54, 1.807) is 0 Å². The Bertz CT molecular complexity index is 284. The first-order chi connectivity index (χ1) is 7.33. The average molecular weight is 242 g/mol. The first-order valence-electron chi connectivity index (χ1n) is 6.81. The van der Waals surface area contributed by atoms with Crippen LogP contribution < -0.4 is 0 Å². The summed E-state index contributed by atoms with van der Waals surface area (Å²) < 4.78 is 0. The number of aliphatic hydroxyl groups is 1. The van der Waals surface area contributed by atoms with E-state index in [2.05, 4.69) is 34.6 Å². The molecule has 0 aromatic rings. The monoisotopic (exact) mass is 242 g/mol. The highest BCUT2D eigenvalue weighted by Crippen LogP contribution is 2.77. The van der Waals surface area contributed by atoms with Gasteiger partial charge in [-0.05, 0) is 42.9 Å². The van der Waals surface area contributed by atoms with Gasteiger partial charge in [0.15, 0.2) is 0 Å². The van der Waals surface area contributed by atoms with Crippen LogP contribution in [0.25, 0.3) is 0 Å². The largest absolute Gasteiger partial charge is 0.385 e. The minimum Gasteiger partial charge on any atom is -0.385 e. The van der Waals surface area contributed by atoms with E-state index in [0.29, 0.717) is 5.41 Å². The molecular weight excluding hydrogens is 215 g/mol. The summed E-state index contributed by atoms with van der Waals surface area (Å²) in [7, 11) is -0.206. The molecule has 3 unspecified atom stereocenters. The molecule has 2 aliphatic rings. The molecule has 3 atom stereocenters. The zero-order valence-corrected chi connectivity index (χ0v) is 12.4. The molecular formula is C14H27OP. The van der Waals surface area contributed by atoms with Crippen molar-refractivity contribution in [1.29, 1.82) is 0 Å². The molecule has 0 spiro atoms. The predicted molar refractivity (Wildman–Crippen MR) is 72.2 cm³/mol. The Morgan fingerprint density at radius 3 is 2.06 bits per heavy atom. The van der Waals surface area contributed by atoms with Gasteiger partial charge in [0, 0.05) is 5.41 Å². The summed E-state index contributed by atoms with van der Waals surface area (Å²) in [6, 6.07) is 0. The molecule has 0 amide bonds. The molecule has 2 heteroatoms. The van der Waals surface area contributed by atoms with Crippen molar-refractivity contribution < 1.29 is 5.11 Å². The molecule has 0 aromatic carbocycles. The van der Waals surface area contributed by atoms with Gasteiger partial charge in [-0.1, -0.05) is 42.5 Å². The van der Waals surface area contributed by atoms with Crippen molar-refractivity contribution in [2.45, 2.75) is 59.2 Å². The molecule has 16 heavy (non-hydrogen) atoms. The van der Waals surface area contributed by atoms with E-state index >= 15 is 0 Å². The van der Waals surface area contributed by atoms with E-state index in [0.717, 1.165) is 12.3 Å². The SMILES string of the molecule is CCP(CC)C1(O)CC2CCC1(C)C2(C)C. The van der Waals surface area contributed by atoms with Crippen LogP contribution in [0.3, 0.4) is 0 Å². The van der Waals surface area contributed by atoms with Crippen LogP contribution in [0.15, 0.2) is 0 Å². The van der Waals surface area contributed by atoms with Crippen molar-refractivity contribution >= 4 is 7.92 Å². The lowest BCUT2D eigenvalue weighted by Gasteiger charge is -2.49. The zero-order valence-electron chi connectivity index (χ0n) is 11.5. The van der Waals surface area contributed by atoms with Crippen LogP contribution in [0, 0.1) is 16.7 Å². The molecule has 94 valence electrons. The van der Waals surface area contributed by atoms with Crippen LogP contribution in [0.5, 0.6) is 0 Å². The molecule has 2 bridgehead atoms. The van der Waals surface area contributed by atoms with Crippen molar-refractivity contribution in [3.8, 4) is 0 Å². The Morgan fingerprint density at radius 1 is 1.19 bits per heavy atom. The van der Waals surface area contributed by atoms with Crippen LogP contribution in [0.2, 0.25) is 0 Å². The van der Waals surface area contributed by atoms with E-state index in [1.807, 2.05) is 0 Å². The summed E-state index contributed by atoms with van der Waals surface area (Å²) in [5, 5.41) is 10.9. The second-order valence-electron chi connectivity index (χ2n) is 6.48. The number of rotatable bonds is 3. The topological polar surface area (TPSA) is 20.2 Å². The molecule has 0 heterocycles. The summed E-state index contributed by atoms with van der Waals surface area (Å²) in [4.78, 5) is 0. The fraction of sp³-hybridized carbons (Fsp3) is 1.00. The molecule has 2 aliphatic carbocycles. The van der Waals surface area contributed by atoms with Gasteiger partial charge >= 0.3 is 0 Å². The summed E-state index contributed by atoms with van der Waals surface area (Å²) in [6.45, 7) is 11.7. The third-order valence-corrected chi connectivity index (χ3v) is 9.39. The lowest BCUT2D eigenvalue weighted by Crippen LogP contribution is -2.46. The second-order valence-corrected chi connectivity index (χ2v) is 9.57. The Balaban J connectivity index is 2.39. The van der Waals surface area contributed by atoms with Gasteiger partial charge in [0.25, 0.3) is 0 Å². The van der Waals surface area contributed by atoms with Gasteiger partial charge in [-0.25, -0.2) is 0 Å². The Labute approximate surface area is 102 Å². The molecule has 0 radical (unpaired) electrons. The Kier molecular flexibility index (Phi) is 2.96. The van der Waals surface area contributed by atoms with Crippen LogP contribution in [0.1, 0.15) is 53.9 Å². The van der Waals surface area contributed by atoms with E-state index < -0.39 is 0 Å². The van der Waals surface area contributed by atoms with Gasteiger partial charge in [-0.2, -0.15) is 0 Å². The minimum atomic E-state index is -0.335. The summed E-state index contributed by atoms with van der Waals surface area (Å²) >= 11 is 0. The van der Waals surface area contributed by atoms with E-state index in [-0.39, 0.29) is 18.7 Å². The van der Waals surface area contributed by atoms with Crippen molar-refractivity contribution in [1.82, 2.24) is 0 Å². The van der Waals surface area contributed by atoms with Gasteiger partial charge in [-0.15, -0.1) is 0 Å². The Morgan fingerprint density at radius 2 is 1.75 bits per heavy atom. The summed E-state index contributed by atoms with van der Waals surface area (Å²) in [5.74, 6) is 0.755.